The first-order valence-electron chi connectivity index (χ1n) is 12.4. The SMILES string of the molecule is COc1ccc2nccc(C(=O)CC[C@@H]3CCN(CCSc4cc(F)cc(F)c4F)C[C@H]3CC(=O)O)c2c1. The highest BCUT2D eigenvalue weighted by Crippen LogP contribution is 2.32. The van der Waals surface area contributed by atoms with E-state index in [0.29, 0.717) is 54.7 Å². The number of pyridine rings is 1. The molecule has 1 fully saturated rings. The maximum absolute atomic E-state index is 13.9. The predicted octanol–water partition coefficient (Wildman–Crippen LogP) is 5.83. The molecule has 38 heavy (non-hydrogen) atoms. The third kappa shape index (κ3) is 6.85. The number of carbonyl (C=O) groups excluding carboxylic acids is 1. The number of carboxylic acid groups (broad SMARTS) is 1. The molecule has 1 N–H and O–H groups in total. The van der Waals surface area contributed by atoms with Gasteiger partial charge in [-0.1, -0.05) is 0 Å². The number of nitrogens with zero attached hydrogens (tertiary/aromatic N) is 2. The zero-order chi connectivity index (χ0) is 27.2. The lowest BCUT2D eigenvalue weighted by molar-refractivity contribution is -0.139. The first-order valence-corrected chi connectivity index (χ1v) is 13.4. The van der Waals surface area contributed by atoms with E-state index in [4.69, 9.17) is 4.74 Å². The van der Waals surface area contributed by atoms with Crippen LogP contribution >= 0.6 is 11.8 Å². The highest BCUT2D eigenvalue weighted by atomic mass is 32.2. The molecule has 0 unspecified atom stereocenters. The van der Waals surface area contributed by atoms with Crippen LogP contribution in [-0.4, -0.2) is 59.2 Å². The minimum Gasteiger partial charge on any atom is -0.497 e. The summed E-state index contributed by atoms with van der Waals surface area (Å²) in [5.41, 5.74) is 1.27. The third-order valence-corrected chi connectivity index (χ3v) is 8.02. The van der Waals surface area contributed by atoms with E-state index < -0.39 is 23.4 Å². The molecule has 10 heteroatoms. The lowest BCUT2D eigenvalue weighted by Crippen LogP contribution is -2.42. The number of hydrogen-bond acceptors (Lipinski definition) is 6. The van der Waals surface area contributed by atoms with Crippen molar-refractivity contribution in [2.24, 2.45) is 11.8 Å². The highest BCUT2D eigenvalue weighted by molar-refractivity contribution is 7.99. The topological polar surface area (TPSA) is 79.7 Å². The Bertz CT molecular complexity index is 1320. The number of carboxylic acids is 1. The number of ketones is 1. The molecule has 2 aromatic carbocycles. The summed E-state index contributed by atoms with van der Waals surface area (Å²) in [5, 5.41) is 10.2. The number of piperidine rings is 1. The number of fused-ring (bicyclic) bond motifs is 1. The Kier molecular flexibility index (Phi) is 9.27. The van der Waals surface area contributed by atoms with E-state index in [-0.39, 0.29) is 35.4 Å². The summed E-state index contributed by atoms with van der Waals surface area (Å²) in [5.74, 6) is -3.07. The molecular formula is C28H29F3N2O4S. The summed E-state index contributed by atoms with van der Waals surface area (Å²) in [6, 6.07) is 8.58. The van der Waals surface area contributed by atoms with Crippen molar-refractivity contribution >= 4 is 34.4 Å². The number of thioether (sulfide) groups is 1. The van der Waals surface area contributed by atoms with Crippen LogP contribution in [-0.2, 0) is 4.79 Å². The second-order valence-corrected chi connectivity index (χ2v) is 10.6. The zero-order valence-corrected chi connectivity index (χ0v) is 21.8. The van der Waals surface area contributed by atoms with Crippen molar-refractivity contribution in [2.45, 2.75) is 30.6 Å². The van der Waals surface area contributed by atoms with E-state index in [1.807, 2.05) is 0 Å². The van der Waals surface area contributed by atoms with Gasteiger partial charge in [-0.2, -0.15) is 0 Å². The molecule has 0 aliphatic carbocycles. The molecule has 4 rings (SSSR count). The number of rotatable bonds is 11. The molecule has 1 saturated heterocycles. The molecule has 2 heterocycles. The van der Waals surface area contributed by atoms with E-state index >= 15 is 0 Å². The largest absolute Gasteiger partial charge is 0.497 e. The number of carbonyl (C=O) groups is 2. The average molecular weight is 547 g/mol. The van der Waals surface area contributed by atoms with Crippen molar-refractivity contribution in [2.75, 3.05) is 32.5 Å². The van der Waals surface area contributed by atoms with E-state index in [1.165, 1.54) is 0 Å². The third-order valence-electron chi connectivity index (χ3n) is 7.03. The Labute approximate surface area is 223 Å². The van der Waals surface area contributed by atoms with Gasteiger partial charge in [0.05, 0.1) is 12.6 Å². The smallest absolute Gasteiger partial charge is 0.303 e. The number of Topliss-reactive ketones (excluding diaryl/α,β-unsaturated/α-hetero) is 1. The van der Waals surface area contributed by atoms with Crippen LogP contribution in [0.25, 0.3) is 10.9 Å². The lowest BCUT2D eigenvalue weighted by Gasteiger charge is -2.38. The van der Waals surface area contributed by atoms with Gasteiger partial charge in [-0.3, -0.25) is 14.6 Å². The summed E-state index contributed by atoms with van der Waals surface area (Å²) in [6.07, 6.45) is 3.18. The van der Waals surface area contributed by atoms with Crippen LogP contribution in [0, 0.1) is 29.3 Å². The molecule has 0 bridgehead atoms. The number of benzene rings is 2. The monoisotopic (exact) mass is 546 g/mol. The summed E-state index contributed by atoms with van der Waals surface area (Å²) < 4.78 is 46.1. The first kappa shape index (κ1) is 27.9. The summed E-state index contributed by atoms with van der Waals surface area (Å²) in [6.45, 7) is 1.75. The molecule has 1 aliphatic heterocycles. The van der Waals surface area contributed by atoms with Gasteiger partial charge in [0.15, 0.2) is 17.4 Å². The Morgan fingerprint density at radius 1 is 1.16 bits per heavy atom. The molecule has 0 radical (unpaired) electrons. The first-order chi connectivity index (χ1) is 18.2. The molecule has 0 amide bonds. The normalized spacial score (nSPS) is 18.0. The Balaban J connectivity index is 1.36. The number of aliphatic carboxylic acids is 1. The van der Waals surface area contributed by atoms with E-state index in [1.54, 1.807) is 37.6 Å². The fourth-order valence-electron chi connectivity index (χ4n) is 5.06. The number of likely N-dealkylation sites (tertiary alicyclic amines) is 1. The maximum Gasteiger partial charge on any atom is 0.303 e. The highest BCUT2D eigenvalue weighted by Gasteiger charge is 2.31. The predicted molar refractivity (Wildman–Crippen MR) is 139 cm³/mol. The van der Waals surface area contributed by atoms with Gasteiger partial charge >= 0.3 is 5.97 Å². The minimum atomic E-state index is -1.22. The molecular weight excluding hydrogens is 517 g/mol. The maximum atomic E-state index is 13.9. The van der Waals surface area contributed by atoms with Gasteiger partial charge in [-0.05, 0) is 61.6 Å². The van der Waals surface area contributed by atoms with Crippen molar-refractivity contribution in [1.82, 2.24) is 9.88 Å². The van der Waals surface area contributed by atoms with Gasteiger partial charge in [0, 0.05) is 59.8 Å². The van der Waals surface area contributed by atoms with Crippen molar-refractivity contribution < 1.29 is 32.6 Å². The second-order valence-electron chi connectivity index (χ2n) is 9.46. The summed E-state index contributed by atoms with van der Waals surface area (Å²) >= 11 is 1.03. The fraction of sp³-hybridized carbons (Fsp3) is 0.393. The van der Waals surface area contributed by atoms with E-state index in [0.717, 1.165) is 29.6 Å². The van der Waals surface area contributed by atoms with Crippen LogP contribution in [0.4, 0.5) is 13.2 Å². The quantitative estimate of drug-likeness (QED) is 0.184. The fourth-order valence-corrected chi connectivity index (χ4v) is 6.05. The average Bonchev–Trinajstić information content (AvgIpc) is 2.89. The van der Waals surface area contributed by atoms with Gasteiger partial charge in [0.25, 0.3) is 0 Å². The molecule has 3 aromatic rings. The second kappa shape index (κ2) is 12.6. The minimum absolute atomic E-state index is 0.0123. The summed E-state index contributed by atoms with van der Waals surface area (Å²) in [7, 11) is 1.56. The molecule has 6 nitrogen and oxygen atoms in total. The molecule has 0 spiro atoms. The molecule has 0 saturated carbocycles. The van der Waals surface area contributed by atoms with Gasteiger partial charge < -0.3 is 14.7 Å². The zero-order valence-electron chi connectivity index (χ0n) is 21.0. The van der Waals surface area contributed by atoms with Crippen molar-refractivity contribution in [3.63, 3.8) is 0 Å². The Morgan fingerprint density at radius 2 is 1.97 bits per heavy atom. The number of hydrogen-bond donors (Lipinski definition) is 1. The van der Waals surface area contributed by atoms with Gasteiger partial charge in [0.1, 0.15) is 11.6 Å². The van der Waals surface area contributed by atoms with Gasteiger partial charge in [0.2, 0.25) is 0 Å². The standard InChI is InChI=1S/C28H29F3N2O4S/c1-37-20-3-4-24-22(15-20)21(6-8-32-24)25(34)5-2-17-7-9-33(16-18(17)12-27(35)36)10-11-38-26-14-19(29)13-23(30)28(26)31/h3-4,6,8,13-15,17-18H,2,5,7,9-12,16H2,1H3,(H,35,36)/t17-,18-/m1/s1. The van der Waals surface area contributed by atoms with Crippen molar-refractivity contribution in [1.29, 1.82) is 0 Å². The number of methoxy groups -OCH3 is 1. The van der Waals surface area contributed by atoms with Crippen LogP contribution < -0.4 is 4.74 Å². The van der Waals surface area contributed by atoms with Crippen LogP contribution in [0.3, 0.4) is 0 Å². The number of ether oxygens (including phenoxy) is 1. The number of halogens is 3. The molecule has 2 atom stereocenters. The molecule has 1 aromatic heterocycles. The lowest BCUT2D eigenvalue weighted by atomic mass is 9.79. The van der Waals surface area contributed by atoms with E-state index in [9.17, 15) is 27.9 Å². The Morgan fingerprint density at radius 3 is 2.74 bits per heavy atom. The number of aromatic nitrogens is 1. The van der Waals surface area contributed by atoms with Crippen LogP contribution in [0.5, 0.6) is 5.75 Å². The van der Waals surface area contributed by atoms with Crippen molar-refractivity contribution in [3.05, 3.63) is 65.6 Å². The van der Waals surface area contributed by atoms with Gasteiger partial charge in [-0.15, -0.1) is 11.8 Å². The molecule has 1 aliphatic rings. The van der Waals surface area contributed by atoms with Crippen LogP contribution in [0.1, 0.15) is 36.0 Å². The summed E-state index contributed by atoms with van der Waals surface area (Å²) in [4.78, 5) is 31.1. The van der Waals surface area contributed by atoms with Crippen LogP contribution in [0.15, 0.2) is 47.5 Å². The van der Waals surface area contributed by atoms with E-state index in [2.05, 4.69) is 9.88 Å². The Hall–Kier alpha value is -3.11. The van der Waals surface area contributed by atoms with Crippen molar-refractivity contribution in [3.8, 4) is 5.75 Å². The van der Waals surface area contributed by atoms with Crippen LogP contribution in [0.2, 0.25) is 0 Å². The van der Waals surface area contributed by atoms with Gasteiger partial charge in [-0.25, -0.2) is 13.2 Å². The molecule has 202 valence electrons.